The standard InChI is InChI=1S/C55H30BN3/c1-7-17-38-31(11-1)21-23-45-49(38)51-40-19-9-3-13-33(40)25-43-54(51)58(45)47-27-36(42-30-57-29-35-15-5-6-16-37(35)42)28-48-53(47)56(43)44-26-34-14-4-10-20-41(34)52-50-39-18-8-2-12-32(39)22-24-46(50)59(48)55(44)52/h1-30H. The van der Waals surface area contributed by atoms with E-state index in [1.165, 1.54) is 125 Å². The Morgan fingerprint density at radius 2 is 0.814 bits per heavy atom. The Balaban J connectivity index is 1.23. The molecule has 0 saturated heterocycles. The van der Waals surface area contributed by atoms with E-state index >= 15 is 0 Å². The molecule has 4 heteroatoms. The predicted octanol–water partition coefficient (Wildman–Crippen LogP) is 11.9. The maximum Gasteiger partial charge on any atom is 0.252 e. The summed E-state index contributed by atoms with van der Waals surface area (Å²) in [5.41, 5.74) is 14.0. The number of fused-ring (bicyclic) bond motifs is 19. The number of pyridine rings is 1. The summed E-state index contributed by atoms with van der Waals surface area (Å²) in [7, 11) is 0. The van der Waals surface area contributed by atoms with Crippen molar-refractivity contribution in [2.24, 2.45) is 0 Å². The quantitative estimate of drug-likeness (QED) is 0.154. The average molecular weight is 744 g/mol. The molecule has 59 heavy (non-hydrogen) atoms. The Kier molecular flexibility index (Phi) is 5.48. The van der Waals surface area contributed by atoms with Crippen LogP contribution in [0.3, 0.4) is 0 Å². The van der Waals surface area contributed by atoms with E-state index in [0.717, 1.165) is 10.9 Å². The fourth-order valence-electron chi connectivity index (χ4n) is 11.6. The minimum absolute atomic E-state index is 0.00468. The van der Waals surface area contributed by atoms with E-state index in [9.17, 15) is 0 Å². The number of rotatable bonds is 1. The van der Waals surface area contributed by atoms with Crippen LogP contribution in [0.4, 0.5) is 0 Å². The van der Waals surface area contributed by atoms with Crippen molar-refractivity contribution >= 4 is 121 Å². The van der Waals surface area contributed by atoms with Gasteiger partial charge in [-0.2, -0.15) is 0 Å². The lowest BCUT2D eigenvalue weighted by molar-refractivity contribution is 1.15. The molecule has 0 unspecified atom stereocenters. The summed E-state index contributed by atoms with van der Waals surface area (Å²) < 4.78 is 5.25. The van der Waals surface area contributed by atoms with Crippen molar-refractivity contribution in [3.63, 3.8) is 0 Å². The molecule has 0 fully saturated rings. The molecule has 0 radical (unpaired) electrons. The second-order valence-electron chi connectivity index (χ2n) is 16.6. The Bertz CT molecular complexity index is 3870. The molecular weight excluding hydrogens is 713 g/mol. The van der Waals surface area contributed by atoms with Gasteiger partial charge in [-0.05, 0) is 94.7 Å². The highest BCUT2D eigenvalue weighted by Gasteiger charge is 2.42. The molecule has 268 valence electrons. The van der Waals surface area contributed by atoms with Crippen molar-refractivity contribution in [1.82, 2.24) is 14.1 Å². The first-order valence-corrected chi connectivity index (χ1v) is 20.6. The Morgan fingerprint density at radius 3 is 1.34 bits per heavy atom. The number of benzene rings is 10. The summed E-state index contributed by atoms with van der Waals surface area (Å²) >= 11 is 0. The third-order valence-electron chi connectivity index (χ3n) is 13.9. The normalized spacial score (nSPS) is 13.1. The highest BCUT2D eigenvalue weighted by Crippen LogP contribution is 2.46. The molecule has 0 N–H and O–H groups in total. The molecule has 15 rings (SSSR count). The van der Waals surface area contributed by atoms with Gasteiger partial charge in [0.2, 0.25) is 0 Å². The zero-order chi connectivity index (χ0) is 38.1. The van der Waals surface area contributed by atoms with E-state index in [4.69, 9.17) is 4.98 Å². The third-order valence-corrected chi connectivity index (χ3v) is 13.9. The second-order valence-corrected chi connectivity index (χ2v) is 16.6. The van der Waals surface area contributed by atoms with Gasteiger partial charge in [-0.3, -0.25) is 4.98 Å². The molecule has 3 aromatic heterocycles. The van der Waals surface area contributed by atoms with Crippen molar-refractivity contribution in [3.05, 3.63) is 182 Å². The molecule has 5 heterocycles. The van der Waals surface area contributed by atoms with Gasteiger partial charge in [0.25, 0.3) is 6.71 Å². The first-order chi connectivity index (χ1) is 29.3. The Hall–Kier alpha value is -7.69. The van der Waals surface area contributed by atoms with E-state index in [1.54, 1.807) is 0 Å². The highest BCUT2D eigenvalue weighted by molar-refractivity contribution is 7.00. The molecule has 0 bridgehead atoms. The molecule has 0 amide bonds. The van der Waals surface area contributed by atoms with E-state index < -0.39 is 0 Å². The fraction of sp³-hybridized carbons (Fsp3) is 0. The van der Waals surface area contributed by atoms with Crippen molar-refractivity contribution in [2.45, 2.75) is 0 Å². The molecule has 13 aromatic rings. The molecule has 2 aliphatic heterocycles. The number of hydrogen-bond acceptors (Lipinski definition) is 1. The van der Waals surface area contributed by atoms with Crippen LogP contribution in [-0.2, 0) is 0 Å². The number of nitrogens with zero attached hydrogens (tertiary/aromatic N) is 3. The zero-order valence-electron chi connectivity index (χ0n) is 31.7. The van der Waals surface area contributed by atoms with Crippen LogP contribution in [0.15, 0.2) is 182 Å². The van der Waals surface area contributed by atoms with Crippen molar-refractivity contribution < 1.29 is 0 Å². The van der Waals surface area contributed by atoms with E-state index in [2.05, 4.69) is 185 Å². The van der Waals surface area contributed by atoms with Gasteiger partial charge in [-0.25, -0.2) is 0 Å². The summed E-state index contributed by atoms with van der Waals surface area (Å²) in [4.78, 5) is 4.84. The van der Waals surface area contributed by atoms with Crippen LogP contribution >= 0.6 is 0 Å². The first-order valence-electron chi connectivity index (χ1n) is 20.6. The van der Waals surface area contributed by atoms with Gasteiger partial charge >= 0.3 is 0 Å². The van der Waals surface area contributed by atoms with Crippen LogP contribution in [0.5, 0.6) is 0 Å². The molecular formula is C55H30BN3. The fourth-order valence-corrected chi connectivity index (χ4v) is 11.6. The number of hydrogen-bond donors (Lipinski definition) is 0. The molecule has 0 spiro atoms. The van der Waals surface area contributed by atoms with Crippen LogP contribution in [0.1, 0.15) is 0 Å². The zero-order valence-corrected chi connectivity index (χ0v) is 31.7. The van der Waals surface area contributed by atoms with Crippen LogP contribution in [0.25, 0.3) is 120 Å². The molecule has 0 aliphatic carbocycles. The smallest absolute Gasteiger partial charge is 0.252 e. The average Bonchev–Trinajstić information content (AvgIpc) is 3.84. The largest absolute Gasteiger partial charge is 0.310 e. The SMILES string of the molecule is c1ccc2c(-c3cc4c5c(c3)-n3c6ccc7ccccc7c6c6c7ccccc7cc(c63)B5c3cc5ccccc5c5c6c7ccccc7ccc6n-4c35)cncc2c1. The lowest BCUT2D eigenvalue weighted by Crippen LogP contribution is -2.59. The van der Waals surface area contributed by atoms with Crippen LogP contribution in [0, 0.1) is 0 Å². The van der Waals surface area contributed by atoms with Gasteiger partial charge < -0.3 is 9.13 Å². The van der Waals surface area contributed by atoms with E-state index in [1.807, 2.05) is 6.20 Å². The monoisotopic (exact) mass is 743 g/mol. The topological polar surface area (TPSA) is 22.8 Å². The van der Waals surface area contributed by atoms with Crippen molar-refractivity contribution in [3.8, 4) is 22.5 Å². The summed E-state index contributed by atoms with van der Waals surface area (Å²) in [6.45, 7) is 0.00468. The van der Waals surface area contributed by atoms with E-state index in [-0.39, 0.29) is 6.71 Å². The summed E-state index contributed by atoms with van der Waals surface area (Å²) in [6, 6.07) is 64.0. The second kappa shape index (κ2) is 10.6. The van der Waals surface area contributed by atoms with Gasteiger partial charge in [0.15, 0.2) is 0 Å². The van der Waals surface area contributed by atoms with Crippen LogP contribution < -0.4 is 16.4 Å². The van der Waals surface area contributed by atoms with Crippen LogP contribution in [-0.4, -0.2) is 20.8 Å². The molecule has 0 atom stereocenters. The van der Waals surface area contributed by atoms with Crippen LogP contribution in [0.2, 0.25) is 0 Å². The molecule has 0 saturated carbocycles. The molecule has 3 nitrogen and oxygen atoms in total. The van der Waals surface area contributed by atoms with Crippen molar-refractivity contribution in [1.29, 1.82) is 0 Å². The number of aromatic nitrogens is 3. The predicted molar refractivity (Wildman–Crippen MR) is 251 cm³/mol. The molecule has 10 aromatic carbocycles. The lowest BCUT2D eigenvalue weighted by Gasteiger charge is -2.34. The highest BCUT2D eigenvalue weighted by atomic mass is 15.0. The third kappa shape index (κ3) is 3.65. The van der Waals surface area contributed by atoms with E-state index in [0.29, 0.717) is 0 Å². The van der Waals surface area contributed by atoms with Gasteiger partial charge in [0.1, 0.15) is 0 Å². The first kappa shape index (κ1) is 30.5. The Labute approximate surface area is 338 Å². The summed E-state index contributed by atoms with van der Waals surface area (Å²) in [6.07, 6.45) is 4.05. The van der Waals surface area contributed by atoms with Gasteiger partial charge in [-0.15, -0.1) is 0 Å². The maximum atomic E-state index is 4.84. The van der Waals surface area contributed by atoms with Gasteiger partial charge in [0.05, 0.1) is 22.1 Å². The summed E-state index contributed by atoms with van der Waals surface area (Å²) in [5, 5.41) is 17.9. The summed E-state index contributed by atoms with van der Waals surface area (Å²) in [5.74, 6) is 0. The Morgan fingerprint density at radius 1 is 0.373 bits per heavy atom. The lowest BCUT2D eigenvalue weighted by atomic mass is 9.34. The minimum Gasteiger partial charge on any atom is -0.310 e. The van der Waals surface area contributed by atoms with Crippen molar-refractivity contribution in [2.75, 3.05) is 0 Å². The van der Waals surface area contributed by atoms with Gasteiger partial charge in [0, 0.05) is 56.3 Å². The van der Waals surface area contributed by atoms with Gasteiger partial charge in [-0.1, -0.05) is 146 Å². The minimum atomic E-state index is 0.00468. The molecule has 2 aliphatic rings. The maximum absolute atomic E-state index is 4.84.